The van der Waals surface area contributed by atoms with Gasteiger partial charge in [-0.1, -0.05) is 0 Å². The van der Waals surface area contributed by atoms with Gasteiger partial charge in [0.15, 0.2) is 0 Å². The molecular formula is C27H26F3O2P. The molecule has 0 spiro atoms. The number of carbonyl (C=O) groups is 1. The van der Waals surface area contributed by atoms with Crippen molar-refractivity contribution in [3.8, 4) is 0 Å². The van der Waals surface area contributed by atoms with Crippen LogP contribution in [0.4, 0.5) is 13.2 Å². The number of hydrogen-bond donors (Lipinski definition) is 0. The van der Waals surface area contributed by atoms with E-state index in [2.05, 4.69) is 13.0 Å². The molecule has 0 radical (unpaired) electrons. The van der Waals surface area contributed by atoms with Crippen LogP contribution in [-0.2, 0) is 9.32 Å². The fourth-order valence-corrected chi connectivity index (χ4v) is 10.7. The summed E-state index contributed by atoms with van der Waals surface area (Å²) in [5.41, 5.74) is 1.79. The third-order valence-corrected chi connectivity index (χ3v) is 12.0. The molecule has 1 heterocycles. The van der Waals surface area contributed by atoms with Crippen LogP contribution >= 0.6 is 6.83 Å². The monoisotopic (exact) mass is 470 g/mol. The van der Waals surface area contributed by atoms with Crippen molar-refractivity contribution in [3.63, 3.8) is 0 Å². The third kappa shape index (κ3) is 3.79. The van der Waals surface area contributed by atoms with Crippen molar-refractivity contribution >= 4 is 34.3 Å². The number of allylic oxidation sites excluding steroid dienone is 2. The van der Waals surface area contributed by atoms with Crippen LogP contribution < -0.4 is 15.9 Å². The van der Waals surface area contributed by atoms with Gasteiger partial charge in [-0.2, -0.15) is 0 Å². The van der Waals surface area contributed by atoms with Crippen LogP contribution in [0.3, 0.4) is 0 Å². The summed E-state index contributed by atoms with van der Waals surface area (Å²) < 4.78 is 47.1. The van der Waals surface area contributed by atoms with E-state index in [0.717, 1.165) is 30.4 Å². The summed E-state index contributed by atoms with van der Waals surface area (Å²) >= 11 is 0. The average molecular weight is 470 g/mol. The number of rotatable bonds is 6. The van der Waals surface area contributed by atoms with Gasteiger partial charge < -0.3 is 0 Å². The molecule has 0 saturated heterocycles. The first-order valence-electron chi connectivity index (χ1n) is 11.1. The van der Waals surface area contributed by atoms with Crippen molar-refractivity contribution in [3.05, 3.63) is 96.6 Å². The van der Waals surface area contributed by atoms with Gasteiger partial charge in [0.05, 0.1) is 0 Å². The van der Waals surface area contributed by atoms with E-state index in [1.165, 1.54) is 0 Å². The van der Waals surface area contributed by atoms with Gasteiger partial charge in [-0.05, 0) is 0 Å². The third-order valence-electron chi connectivity index (χ3n) is 6.30. The zero-order valence-corrected chi connectivity index (χ0v) is 19.3. The zero-order valence-electron chi connectivity index (χ0n) is 18.4. The van der Waals surface area contributed by atoms with Gasteiger partial charge in [0.1, 0.15) is 0 Å². The van der Waals surface area contributed by atoms with Gasteiger partial charge in [0, 0.05) is 0 Å². The first kappa shape index (κ1) is 23.3. The molecule has 0 aliphatic carbocycles. The van der Waals surface area contributed by atoms with Crippen molar-refractivity contribution in [2.24, 2.45) is 0 Å². The van der Waals surface area contributed by atoms with Crippen LogP contribution in [0.1, 0.15) is 31.7 Å². The van der Waals surface area contributed by atoms with Crippen LogP contribution in [0.5, 0.6) is 0 Å². The molecule has 0 amide bonds. The van der Waals surface area contributed by atoms with E-state index < -0.39 is 19.0 Å². The molecule has 0 bridgehead atoms. The minimum atomic E-state index is -5.11. The Bertz CT molecular complexity index is 1130. The number of hydrogen-bond acceptors (Lipinski definition) is 2. The summed E-state index contributed by atoms with van der Waals surface area (Å²) in [5, 5.41) is 1.89. The van der Waals surface area contributed by atoms with Crippen LogP contribution in [0.15, 0.2) is 91.0 Å². The van der Waals surface area contributed by atoms with Gasteiger partial charge in [-0.25, -0.2) is 0 Å². The first-order chi connectivity index (χ1) is 15.8. The number of fused-ring (bicyclic) bond motifs is 1. The Hall–Kier alpha value is -2.91. The fraction of sp³-hybridized carbons (Fsp3) is 0.222. The van der Waals surface area contributed by atoms with Gasteiger partial charge in [-0.15, -0.1) is 0 Å². The molecule has 4 rings (SSSR count). The van der Waals surface area contributed by atoms with Gasteiger partial charge in [0.25, 0.3) is 0 Å². The molecule has 3 aromatic carbocycles. The number of benzene rings is 3. The Kier molecular flexibility index (Phi) is 6.20. The van der Waals surface area contributed by atoms with Crippen molar-refractivity contribution < 1.29 is 22.5 Å². The van der Waals surface area contributed by atoms with Gasteiger partial charge >= 0.3 is 192 Å². The second-order valence-electron chi connectivity index (χ2n) is 8.31. The topological polar surface area (TPSA) is 26.3 Å². The predicted molar refractivity (Wildman–Crippen MR) is 130 cm³/mol. The van der Waals surface area contributed by atoms with Crippen LogP contribution in [0, 0.1) is 0 Å². The molecule has 0 aromatic heterocycles. The molecule has 0 unspecified atom stereocenters. The van der Waals surface area contributed by atoms with E-state index in [-0.39, 0.29) is 6.16 Å². The summed E-state index contributed by atoms with van der Waals surface area (Å²) in [6.45, 7) is -2.22. The molecule has 0 N–H and O–H groups in total. The van der Waals surface area contributed by atoms with Crippen molar-refractivity contribution in [1.82, 2.24) is 0 Å². The molecule has 6 heteroatoms. The Morgan fingerprint density at radius 1 is 0.909 bits per heavy atom. The van der Waals surface area contributed by atoms with E-state index in [1.807, 2.05) is 36.4 Å². The fourth-order valence-electron chi connectivity index (χ4n) is 4.83. The Morgan fingerprint density at radius 2 is 1.45 bits per heavy atom. The maximum absolute atomic E-state index is 13.7. The molecule has 1 aliphatic heterocycles. The second-order valence-corrected chi connectivity index (χ2v) is 12.7. The summed E-state index contributed by atoms with van der Waals surface area (Å²) in [4.78, 5) is 12.6. The molecule has 1 aliphatic rings. The number of unbranched alkanes of at least 4 members (excludes halogenated alkanes) is 2. The summed E-state index contributed by atoms with van der Waals surface area (Å²) in [6, 6.07) is 25.4. The number of alkyl halides is 3. The van der Waals surface area contributed by atoms with E-state index in [0.29, 0.717) is 15.9 Å². The van der Waals surface area contributed by atoms with Crippen LogP contribution in [0.25, 0.3) is 5.57 Å². The summed E-state index contributed by atoms with van der Waals surface area (Å²) in [6.07, 6.45) is -0.00776. The SMILES string of the molecule is CCCC/C=C1\CP(OC(=O)C(F)(F)F)(c2ccccc2)(c2ccccc2)c2ccccc21. The van der Waals surface area contributed by atoms with E-state index >= 15 is 0 Å². The average Bonchev–Trinajstić information content (AvgIpc) is 3.12. The molecular weight excluding hydrogens is 444 g/mol. The van der Waals surface area contributed by atoms with Crippen molar-refractivity contribution in [2.75, 3.05) is 6.16 Å². The van der Waals surface area contributed by atoms with Gasteiger partial charge in [-0.3, -0.25) is 0 Å². The van der Waals surface area contributed by atoms with Crippen LogP contribution in [-0.4, -0.2) is 18.3 Å². The molecule has 172 valence electrons. The molecule has 0 fully saturated rings. The normalized spacial score (nSPS) is 18.8. The van der Waals surface area contributed by atoms with E-state index in [4.69, 9.17) is 4.52 Å². The summed E-state index contributed by atoms with van der Waals surface area (Å²) in [7, 11) is 0. The number of halogens is 3. The molecule has 0 saturated carbocycles. The Balaban J connectivity index is 2.12. The zero-order chi connectivity index (χ0) is 23.6. The standard InChI is InChI=1S/C27H26F3O2P/c1-2-3-6-13-21-20-33(22-14-7-4-8-15-22,23-16-9-5-10-17-23,32-26(31)27(28,29)30)25-19-12-11-18-24(21)25/h4-5,7-19H,2-3,6,20H2,1H3/b21-13+. The second kappa shape index (κ2) is 8.79. The Labute approximate surface area is 192 Å². The molecule has 3 aromatic rings. The van der Waals surface area contributed by atoms with Crippen LogP contribution in [0.2, 0.25) is 0 Å². The molecule has 0 atom stereocenters. The first-order valence-corrected chi connectivity index (χ1v) is 13.4. The maximum atomic E-state index is 13.7. The summed E-state index contributed by atoms with van der Waals surface area (Å²) in [5.74, 6) is -2.16. The van der Waals surface area contributed by atoms with E-state index in [9.17, 15) is 18.0 Å². The minimum absolute atomic E-state index is 0.213. The Morgan fingerprint density at radius 3 is 2.00 bits per heavy atom. The van der Waals surface area contributed by atoms with Gasteiger partial charge in [0.2, 0.25) is 0 Å². The van der Waals surface area contributed by atoms with Crippen molar-refractivity contribution in [2.45, 2.75) is 32.4 Å². The number of carbonyl (C=O) groups excluding carboxylic acids is 1. The van der Waals surface area contributed by atoms with E-state index in [1.54, 1.807) is 48.5 Å². The quantitative estimate of drug-likeness (QED) is 0.320. The molecule has 2 nitrogen and oxygen atoms in total. The van der Waals surface area contributed by atoms with Crippen molar-refractivity contribution in [1.29, 1.82) is 0 Å². The predicted octanol–water partition coefficient (Wildman–Crippen LogP) is 6.12. The molecule has 33 heavy (non-hydrogen) atoms.